The first kappa shape index (κ1) is 13.1. The second-order valence-electron chi connectivity index (χ2n) is 4.70. The molecule has 2 rings (SSSR count). The summed E-state index contributed by atoms with van der Waals surface area (Å²) in [6, 6.07) is 9.39. The van der Waals surface area contributed by atoms with E-state index in [0.29, 0.717) is 5.69 Å². The molecule has 0 spiro atoms. The molecule has 0 bridgehead atoms. The number of aromatic nitrogens is 1. The van der Waals surface area contributed by atoms with Crippen LogP contribution < -0.4 is 0 Å². The number of carboxylic acid groups (broad SMARTS) is 1. The lowest BCUT2D eigenvalue weighted by molar-refractivity contribution is -0.141. The summed E-state index contributed by atoms with van der Waals surface area (Å²) in [4.78, 5) is 27.4. The molecule has 5 nitrogen and oxygen atoms in total. The average molecular weight is 260 g/mol. The maximum atomic E-state index is 12.2. The maximum Gasteiger partial charge on any atom is 0.308 e. The van der Waals surface area contributed by atoms with Crippen LogP contribution in [0.4, 0.5) is 0 Å². The van der Waals surface area contributed by atoms with Crippen molar-refractivity contribution in [2.45, 2.75) is 6.92 Å². The first-order chi connectivity index (χ1) is 8.99. The van der Waals surface area contributed by atoms with E-state index in [1.165, 1.54) is 4.90 Å². The highest BCUT2D eigenvalue weighted by atomic mass is 16.4. The molecular formula is C14H16N2O3. The molecule has 2 aromatic rings. The van der Waals surface area contributed by atoms with E-state index < -0.39 is 11.9 Å². The molecule has 1 aromatic heterocycles. The Labute approximate surface area is 110 Å². The Kier molecular flexibility index (Phi) is 3.55. The van der Waals surface area contributed by atoms with Crippen molar-refractivity contribution in [2.75, 3.05) is 13.6 Å². The van der Waals surface area contributed by atoms with E-state index in [1.54, 1.807) is 20.0 Å². The van der Waals surface area contributed by atoms with Crippen molar-refractivity contribution in [3.8, 4) is 0 Å². The van der Waals surface area contributed by atoms with E-state index in [-0.39, 0.29) is 12.5 Å². The van der Waals surface area contributed by atoms with E-state index in [0.717, 1.165) is 10.9 Å². The van der Waals surface area contributed by atoms with Gasteiger partial charge >= 0.3 is 5.97 Å². The van der Waals surface area contributed by atoms with E-state index in [1.807, 2.05) is 24.3 Å². The molecular weight excluding hydrogens is 244 g/mol. The van der Waals surface area contributed by atoms with E-state index in [4.69, 9.17) is 5.11 Å². The summed E-state index contributed by atoms with van der Waals surface area (Å²) >= 11 is 0. The summed E-state index contributed by atoms with van der Waals surface area (Å²) in [5.74, 6) is -1.70. The van der Waals surface area contributed by atoms with Gasteiger partial charge in [0.15, 0.2) is 0 Å². The number of hydrogen-bond acceptors (Lipinski definition) is 2. The number of hydrogen-bond donors (Lipinski definition) is 2. The molecule has 5 heteroatoms. The normalized spacial score (nSPS) is 12.3. The van der Waals surface area contributed by atoms with Gasteiger partial charge in [-0.15, -0.1) is 0 Å². The van der Waals surface area contributed by atoms with Crippen LogP contribution in [0.15, 0.2) is 30.3 Å². The lowest BCUT2D eigenvalue weighted by Crippen LogP contribution is -2.33. The van der Waals surface area contributed by atoms with Crippen molar-refractivity contribution < 1.29 is 14.7 Å². The molecule has 0 saturated heterocycles. The van der Waals surface area contributed by atoms with Crippen molar-refractivity contribution in [1.29, 1.82) is 0 Å². The van der Waals surface area contributed by atoms with Gasteiger partial charge in [-0.1, -0.05) is 25.1 Å². The van der Waals surface area contributed by atoms with E-state index in [9.17, 15) is 9.59 Å². The Morgan fingerprint density at radius 2 is 2.05 bits per heavy atom. The molecule has 0 saturated carbocycles. The number of carbonyl (C=O) groups is 2. The molecule has 0 aliphatic heterocycles. The number of amides is 1. The van der Waals surface area contributed by atoms with Gasteiger partial charge in [0.2, 0.25) is 0 Å². The number of carbonyl (C=O) groups excluding carboxylic acids is 1. The number of nitrogens with one attached hydrogen (secondary N) is 1. The minimum absolute atomic E-state index is 0.184. The van der Waals surface area contributed by atoms with Gasteiger partial charge in [-0.2, -0.15) is 0 Å². The number of aliphatic carboxylic acids is 1. The van der Waals surface area contributed by atoms with Gasteiger partial charge in [0.05, 0.1) is 5.92 Å². The van der Waals surface area contributed by atoms with Crippen LogP contribution in [0.1, 0.15) is 17.4 Å². The highest BCUT2D eigenvalue weighted by molar-refractivity contribution is 5.98. The third-order valence-electron chi connectivity index (χ3n) is 3.08. The predicted octanol–water partition coefficient (Wildman–Crippen LogP) is 1.96. The van der Waals surface area contributed by atoms with Gasteiger partial charge < -0.3 is 15.0 Å². The van der Waals surface area contributed by atoms with E-state index in [2.05, 4.69) is 4.98 Å². The molecule has 2 N–H and O–H groups in total. The molecule has 0 aliphatic rings. The van der Waals surface area contributed by atoms with Gasteiger partial charge in [0.1, 0.15) is 5.69 Å². The Balaban J connectivity index is 2.16. The first-order valence-corrected chi connectivity index (χ1v) is 6.05. The number of aromatic amines is 1. The molecule has 1 atom stereocenters. The smallest absolute Gasteiger partial charge is 0.308 e. The van der Waals surface area contributed by atoms with Crippen LogP contribution in [-0.4, -0.2) is 40.5 Å². The lowest BCUT2D eigenvalue weighted by atomic mass is 10.1. The lowest BCUT2D eigenvalue weighted by Gasteiger charge is -2.18. The summed E-state index contributed by atoms with van der Waals surface area (Å²) in [6.07, 6.45) is 0. The fraction of sp³-hybridized carbons (Fsp3) is 0.286. The van der Waals surface area contributed by atoms with Crippen molar-refractivity contribution in [3.63, 3.8) is 0 Å². The van der Waals surface area contributed by atoms with Gasteiger partial charge in [0, 0.05) is 24.5 Å². The van der Waals surface area contributed by atoms with Crippen LogP contribution in [0.5, 0.6) is 0 Å². The summed E-state index contributed by atoms with van der Waals surface area (Å²) in [6.45, 7) is 1.76. The molecule has 19 heavy (non-hydrogen) atoms. The minimum Gasteiger partial charge on any atom is -0.481 e. The molecule has 1 heterocycles. The molecule has 0 fully saturated rings. The van der Waals surface area contributed by atoms with Crippen molar-refractivity contribution >= 4 is 22.8 Å². The van der Waals surface area contributed by atoms with Crippen LogP contribution in [-0.2, 0) is 4.79 Å². The van der Waals surface area contributed by atoms with Crippen LogP contribution in [0, 0.1) is 5.92 Å². The number of fused-ring (bicyclic) bond motifs is 1. The second kappa shape index (κ2) is 5.14. The monoisotopic (exact) mass is 260 g/mol. The van der Waals surface area contributed by atoms with Crippen LogP contribution in [0.2, 0.25) is 0 Å². The van der Waals surface area contributed by atoms with Crippen molar-refractivity contribution in [3.05, 3.63) is 36.0 Å². The number of para-hydroxylation sites is 1. The summed E-state index contributed by atoms with van der Waals surface area (Å²) in [7, 11) is 1.60. The topological polar surface area (TPSA) is 73.4 Å². The quantitative estimate of drug-likeness (QED) is 0.882. The van der Waals surface area contributed by atoms with Gasteiger partial charge in [0.25, 0.3) is 5.91 Å². The van der Waals surface area contributed by atoms with Crippen LogP contribution in [0.25, 0.3) is 10.9 Å². The molecule has 0 aliphatic carbocycles. The number of benzene rings is 1. The van der Waals surface area contributed by atoms with E-state index >= 15 is 0 Å². The van der Waals surface area contributed by atoms with Gasteiger partial charge in [-0.25, -0.2) is 0 Å². The Hall–Kier alpha value is -2.30. The third kappa shape index (κ3) is 2.76. The first-order valence-electron chi connectivity index (χ1n) is 6.05. The predicted molar refractivity (Wildman–Crippen MR) is 72.1 cm³/mol. The highest BCUT2D eigenvalue weighted by Gasteiger charge is 2.19. The molecule has 0 radical (unpaired) electrons. The van der Waals surface area contributed by atoms with Gasteiger partial charge in [-0.05, 0) is 12.1 Å². The molecule has 1 amide bonds. The zero-order chi connectivity index (χ0) is 14.0. The number of nitrogens with zero attached hydrogens (tertiary/aromatic N) is 1. The summed E-state index contributed by atoms with van der Waals surface area (Å²) < 4.78 is 0. The SMILES string of the molecule is C[C@H](CN(C)C(=O)c1cc2ccccc2[nH]1)C(=O)O. The summed E-state index contributed by atoms with van der Waals surface area (Å²) in [5, 5.41) is 9.82. The number of carboxylic acids is 1. The fourth-order valence-corrected chi connectivity index (χ4v) is 1.97. The zero-order valence-corrected chi connectivity index (χ0v) is 10.9. The number of rotatable bonds is 4. The molecule has 100 valence electrons. The van der Waals surface area contributed by atoms with Crippen LogP contribution >= 0.6 is 0 Å². The Bertz CT molecular complexity index is 585. The van der Waals surface area contributed by atoms with Crippen molar-refractivity contribution in [2.24, 2.45) is 5.92 Å². The average Bonchev–Trinajstić information content (AvgIpc) is 2.81. The van der Waals surface area contributed by atoms with Gasteiger partial charge in [-0.3, -0.25) is 9.59 Å². The Morgan fingerprint density at radius 3 is 2.68 bits per heavy atom. The largest absolute Gasteiger partial charge is 0.481 e. The zero-order valence-electron chi connectivity index (χ0n) is 10.9. The molecule has 0 unspecified atom stereocenters. The van der Waals surface area contributed by atoms with Crippen LogP contribution in [0.3, 0.4) is 0 Å². The standard InChI is InChI=1S/C14H16N2O3/c1-9(14(18)19)8-16(2)13(17)12-7-10-5-3-4-6-11(10)15-12/h3-7,9,15H,8H2,1-2H3,(H,18,19)/t9-/m1/s1. The second-order valence-corrected chi connectivity index (χ2v) is 4.70. The van der Waals surface area contributed by atoms with Crippen molar-refractivity contribution in [1.82, 2.24) is 9.88 Å². The third-order valence-corrected chi connectivity index (χ3v) is 3.08. The Morgan fingerprint density at radius 1 is 1.37 bits per heavy atom. The summed E-state index contributed by atoms with van der Waals surface area (Å²) in [5.41, 5.74) is 1.37. The molecule has 1 aromatic carbocycles. The highest BCUT2D eigenvalue weighted by Crippen LogP contribution is 2.16. The minimum atomic E-state index is -0.906. The maximum absolute atomic E-state index is 12.2. The fourth-order valence-electron chi connectivity index (χ4n) is 1.97. The number of H-pyrrole nitrogens is 1.